The van der Waals surface area contributed by atoms with Crippen molar-refractivity contribution in [1.82, 2.24) is 10.1 Å². The fourth-order valence-electron chi connectivity index (χ4n) is 3.13. The molecule has 0 bridgehead atoms. The van der Waals surface area contributed by atoms with Gasteiger partial charge in [0.1, 0.15) is 0 Å². The van der Waals surface area contributed by atoms with E-state index in [0.29, 0.717) is 17.2 Å². The van der Waals surface area contributed by atoms with Crippen LogP contribution >= 0.6 is 0 Å². The number of nitrogens with two attached hydrogens (primary N) is 1. The van der Waals surface area contributed by atoms with Crippen molar-refractivity contribution >= 4 is 0 Å². The number of aromatic nitrogens is 2. The molecule has 2 N–H and O–H groups in total. The lowest BCUT2D eigenvalue weighted by molar-refractivity contribution is 0.166. The summed E-state index contributed by atoms with van der Waals surface area (Å²) in [7, 11) is 0. The van der Waals surface area contributed by atoms with Crippen molar-refractivity contribution in [1.29, 1.82) is 0 Å². The molecule has 1 saturated carbocycles. The van der Waals surface area contributed by atoms with E-state index in [1.165, 1.54) is 12.8 Å². The van der Waals surface area contributed by atoms with Gasteiger partial charge in [-0.25, -0.2) is 0 Å². The van der Waals surface area contributed by atoms with Crippen LogP contribution in [0.3, 0.4) is 0 Å². The monoisotopic (exact) mass is 293 g/mol. The van der Waals surface area contributed by atoms with Crippen LogP contribution < -0.4 is 5.73 Å². The quantitative estimate of drug-likeness (QED) is 0.875. The first-order valence-electron chi connectivity index (χ1n) is 8.18. The first-order chi connectivity index (χ1) is 9.59. The Bertz CT molecular complexity index is 459. The van der Waals surface area contributed by atoms with Gasteiger partial charge in [-0.05, 0) is 42.4 Å². The molecule has 1 atom stereocenters. The maximum atomic E-state index is 6.20. The van der Waals surface area contributed by atoms with E-state index >= 15 is 0 Å². The van der Waals surface area contributed by atoms with E-state index in [1.54, 1.807) is 0 Å². The number of nitrogens with zero attached hydrogens (tertiary/aromatic N) is 2. The summed E-state index contributed by atoms with van der Waals surface area (Å²) in [6.07, 6.45) is 4.82. The largest absolute Gasteiger partial charge is 0.338 e. The van der Waals surface area contributed by atoms with Gasteiger partial charge in [0.25, 0.3) is 0 Å². The second kappa shape index (κ2) is 5.71. The van der Waals surface area contributed by atoms with Crippen molar-refractivity contribution in [3.05, 3.63) is 11.7 Å². The first-order valence-corrected chi connectivity index (χ1v) is 8.18. The SMILES string of the molecule is CC(C)(C)C1CCC(c2noc([C@@H](N)C(C)(C)C)n2)CC1. The minimum atomic E-state index is -0.204. The fourth-order valence-corrected chi connectivity index (χ4v) is 3.13. The van der Waals surface area contributed by atoms with Crippen LogP contribution in [0.2, 0.25) is 0 Å². The highest BCUT2D eigenvalue weighted by molar-refractivity contribution is 5.02. The van der Waals surface area contributed by atoms with Gasteiger partial charge in [-0.15, -0.1) is 0 Å². The summed E-state index contributed by atoms with van der Waals surface area (Å²) in [6, 6.07) is -0.204. The molecule has 0 aliphatic heterocycles. The minimum Gasteiger partial charge on any atom is -0.338 e. The second-order valence-electron chi connectivity index (χ2n) is 8.75. The zero-order valence-electron chi connectivity index (χ0n) is 14.4. The summed E-state index contributed by atoms with van der Waals surface area (Å²) in [6.45, 7) is 13.3. The zero-order valence-corrected chi connectivity index (χ0v) is 14.4. The van der Waals surface area contributed by atoms with Crippen LogP contribution in [0.15, 0.2) is 4.52 Å². The fraction of sp³-hybridized carbons (Fsp3) is 0.882. The van der Waals surface area contributed by atoms with Crippen molar-refractivity contribution in [2.45, 2.75) is 79.2 Å². The summed E-state index contributed by atoms with van der Waals surface area (Å²) in [5.74, 6) is 2.68. The zero-order chi connectivity index (χ0) is 15.8. The molecule has 1 heterocycles. The van der Waals surface area contributed by atoms with Crippen molar-refractivity contribution < 1.29 is 4.52 Å². The highest BCUT2D eigenvalue weighted by Crippen LogP contribution is 2.42. The van der Waals surface area contributed by atoms with Crippen LogP contribution in [0.4, 0.5) is 0 Å². The summed E-state index contributed by atoms with van der Waals surface area (Å²) in [5, 5.41) is 4.20. The molecule has 0 saturated heterocycles. The highest BCUT2D eigenvalue weighted by Gasteiger charge is 2.33. The topological polar surface area (TPSA) is 64.9 Å². The molecule has 1 aromatic heterocycles. The van der Waals surface area contributed by atoms with E-state index < -0.39 is 0 Å². The Balaban J connectivity index is 2.01. The van der Waals surface area contributed by atoms with Crippen LogP contribution in [0.5, 0.6) is 0 Å². The highest BCUT2D eigenvalue weighted by atomic mass is 16.5. The molecule has 0 radical (unpaired) electrons. The summed E-state index contributed by atoms with van der Waals surface area (Å²) < 4.78 is 5.41. The van der Waals surface area contributed by atoms with Gasteiger partial charge in [-0.3, -0.25) is 0 Å². The molecule has 1 aliphatic carbocycles. The smallest absolute Gasteiger partial charge is 0.244 e. The number of hydrogen-bond donors (Lipinski definition) is 1. The Kier molecular flexibility index (Phi) is 4.48. The molecule has 120 valence electrons. The van der Waals surface area contributed by atoms with Gasteiger partial charge >= 0.3 is 0 Å². The number of hydrogen-bond acceptors (Lipinski definition) is 4. The Morgan fingerprint density at radius 1 is 1.05 bits per heavy atom. The molecule has 1 aromatic rings. The van der Waals surface area contributed by atoms with E-state index in [1.807, 2.05) is 0 Å². The molecule has 4 heteroatoms. The van der Waals surface area contributed by atoms with Gasteiger partial charge in [0.05, 0.1) is 6.04 Å². The average Bonchev–Trinajstić information content (AvgIpc) is 2.85. The van der Waals surface area contributed by atoms with Crippen molar-refractivity contribution in [3.63, 3.8) is 0 Å². The Hall–Kier alpha value is -0.900. The maximum Gasteiger partial charge on any atom is 0.244 e. The molecule has 2 rings (SSSR count). The molecule has 4 nitrogen and oxygen atoms in total. The molecule has 1 aliphatic rings. The van der Waals surface area contributed by atoms with Crippen LogP contribution in [-0.2, 0) is 0 Å². The van der Waals surface area contributed by atoms with Crippen molar-refractivity contribution in [2.75, 3.05) is 0 Å². The molecule has 0 aromatic carbocycles. The van der Waals surface area contributed by atoms with Crippen molar-refractivity contribution in [3.8, 4) is 0 Å². The molecular formula is C17H31N3O. The van der Waals surface area contributed by atoms with E-state index in [2.05, 4.69) is 51.7 Å². The molecule has 1 fully saturated rings. The lowest BCUT2D eigenvalue weighted by Gasteiger charge is -2.36. The lowest BCUT2D eigenvalue weighted by Crippen LogP contribution is -2.27. The number of rotatable bonds is 2. The third kappa shape index (κ3) is 3.85. The van der Waals surface area contributed by atoms with Crippen LogP contribution in [0.1, 0.15) is 90.9 Å². The predicted molar refractivity (Wildman–Crippen MR) is 84.8 cm³/mol. The molecule has 21 heavy (non-hydrogen) atoms. The molecule has 0 unspecified atom stereocenters. The Morgan fingerprint density at radius 2 is 1.62 bits per heavy atom. The molecule has 0 amide bonds. The minimum absolute atomic E-state index is 0.0618. The third-order valence-electron chi connectivity index (χ3n) is 4.97. The van der Waals surface area contributed by atoms with Crippen molar-refractivity contribution in [2.24, 2.45) is 22.5 Å². The molecule has 0 spiro atoms. The first kappa shape index (κ1) is 16.5. The van der Waals surface area contributed by atoms with Crippen LogP contribution in [-0.4, -0.2) is 10.1 Å². The normalized spacial score (nSPS) is 25.9. The van der Waals surface area contributed by atoms with Crippen LogP contribution in [0.25, 0.3) is 0 Å². The summed E-state index contributed by atoms with van der Waals surface area (Å²) in [4.78, 5) is 4.58. The van der Waals surface area contributed by atoms with Gasteiger partial charge in [-0.1, -0.05) is 46.7 Å². The molecular weight excluding hydrogens is 262 g/mol. The van der Waals surface area contributed by atoms with Gasteiger partial charge in [0.15, 0.2) is 5.82 Å². The average molecular weight is 293 g/mol. The maximum absolute atomic E-state index is 6.20. The van der Waals surface area contributed by atoms with E-state index in [-0.39, 0.29) is 11.5 Å². The predicted octanol–water partition coefficient (Wildman–Crippen LogP) is 4.44. The van der Waals surface area contributed by atoms with Crippen LogP contribution in [0, 0.1) is 16.7 Å². The van der Waals surface area contributed by atoms with Gasteiger partial charge in [0, 0.05) is 5.92 Å². The van der Waals surface area contributed by atoms with Gasteiger partial charge < -0.3 is 10.3 Å². The van der Waals surface area contributed by atoms with Gasteiger partial charge in [-0.2, -0.15) is 4.98 Å². The van der Waals surface area contributed by atoms with E-state index in [4.69, 9.17) is 10.3 Å². The van der Waals surface area contributed by atoms with E-state index in [9.17, 15) is 0 Å². The Labute approximate surface area is 128 Å². The Morgan fingerprint density at radius 3 is 2.10 bits per heavy atom. The summed E-state index contributed by atoms with van der Waals surface area (Å²) in [5.41, 5.74) is 6.54. The second-order valence-corrected chi connectivity index (χ2v) is 8.75. The third-order valence-corrected chi connectivity index (χ3v) is 4.97. The standard InChI is InChI=1S/C17H31N3O/c1-16(2,3)12-9-7-11(8-10-12)14-19-15(21-20-14)13(18)17(4,5)6/h11-13H,7-10,18H2,1-6H3/t11?,12?,13-/m1/s1. The van der Waals surface area contributed by atoms with Gasteiger partial charge in [0.2, 0.25) is 5.89 Å². The van der Waals surface area contributed by atoms with E-state index in [0.717, 1.165) is 24.6 Å². The lowest BCUT2D eigenvalue weighted by atomic mass is 9.70. The summed E-state index contributed by atoms with van der Waals surface area (Å²) >= 11 is 0.